The molecule has 26 heavy (non-hydrogen) atoms. The highest BCUT2D eigenvalue weighted by Gasteiger charge is 2.12. The average Bonchev–Trinajstić information content (AvgIpc) is 3.17. The standard InChI is InChI=1S/C18H14ClN3O2S2/c19-13-6-8-14(9-7-13)25-11-16(23)21-22-17(24)15-10-26-18(20-15)12-4-2-1-3-5-12/h1-10H,11H2,(H,21,23)(H,22,24). The van der Waals surface area contributed by atoms with Crippen LogP contribution < -0.4 is 10.9 Å². The minimum absolute atomic E-state index is 0.175. The van der Waals surface area contributed by atoms with Crippen molar-refractivity contribution in [3.05, 3.63) is 70.7 Å². The van der Waals surface area contributed by atoms with Gasteiger partial charge in [0.2, 0.25) is 5.91 Å². The second kappa shape index (κ2) is 8.84. The summed E-state index contributed by atoms with van der Waals surface area (Å²) in [7, 11) is 0. The molecule has 1 heterocycles. The van der Waals surface area contributed by atoms with Gasteiger partial charge in [-0.15, -0.1) is 23.1 Å². The van der Waals surface area contributed by atoms with E-state index >= 15 is 0 Å². The van der Waals surface area contributed by atoms with Crippen LogP contribution in [0.2, 0.25) is 5.02 Å². The van der Waals surface area contributed by atoms with E-state index in [2.05, 4.69) is 15.8 Å². The Morgan fingerprint density at radius 1 is 1.04 bits per heavy atom. The molecule has 0 saturated carbocycles. The zero-order chi connectivity index (χ0) is 18.4. The van der Waals surface area contributed by atoms with E-state index in [0.717, 1.165) is 15.5 Å². The van der Waals surface area contributed by atoms with Gasteiger partial charge >= 0.3 is 0 Å². The predicted octanol–water partition coefficient (Wildman–Crippen LogP) is 4.02. The lowest BCUT2D eigenvalue weighted by molar-refractivity contribution is -0.119. The van der Waals surface area contributed by atoms with E-state index in [4.69, 9.17) is 11.6 Å². The Labute approximate surface area is 163 Å². The first-order valence-electron chi connectivity index (χ1n) is 7.60. The first-order chi connectivity index (χ1) is 12.6. The van der Waals surface area contributed by atoms with Crippen molar-refractivity contribution in [1.82, 2.24) is 15.8 Å². The van der Waals surface area contributed by atoms with Crippen LogP contribution in [0.3, 0.4) is 0 Å². The predicted molar refractivity (Wildman–Crippen MR) is 105 cm³/mol. The zero-order valence-electron chi connectivity index (χ0n) is 13.4. The summed E-state index contributed by atoms with van der Waals surface area (Å²) in [5.41, 5.74) is 5.98. The fourth-order valence-electron chi connectivity index (χ4n) is 2.00. The highest BCUT2D eigenvalue weighted by Crippen LogP contribution is 2.23. The summed E-state index contributed by atoms with van der Waals surface area (Å²) in [6, 6.07) is 16.8. The zero-order valence-corrected chi connectivity index (χ0v) is 15.8. The Bertz CT molecular complexity index is 898. The summed E-state index contributed by atoms with van der Waals surface area (Å²) in [6.45, 7) is 0. The maximum absolute atomic E-state index is 12.1. The molecule has 132 valence electrons. The molecule has 5 nitrogen and oxygen atoms in total. The number of halogens is 1. The van der Waals surface area contributed by atoms with Gasteiger partial charge in [0.25, 0.3) is 5.91 Å². The monoisotopic (exact) mass is 403 g/mol. The topological polar surface area (TPSA) is 71.1 Å². The number of thioether (sulfide) groups is 1. The van der Waals surface area contributed by atoms with Crippen LogP contribution in [0.25, 0.3) is 10.6 Å². The van der Waals surface area contributed by atoms with Gasteiger partial charge in [0.05, 0.1) is 5.75 Å². The van der Waals surface area contributed by atoms with Crippen LogP contribution in [0.1, 0.15) is 10.5 Å². The van der Waals surface area contributed by atoms with E-state index in [1.54, 1.807) is 17.5 Å². The fraction of sp³-hybridized carbons (Fsp3) is 0.0556. The second-order valence-electron chi connectivity index (χ2n) is 5.15. The molecule has 0 atom stereocenters. The number of hydrazine groups is 1. The molecule has 2 N–H and O–H groups in total. The minimum atomic E-state index is -0.451. The lowest BCUT2D eigenvalue weighted by atomic mass is 10.2. The number of hydrogen-bond acceptors (Lipinski definition) is 5. The van der Waals surface area contributed by atoms with Gasteiger partial charge in [0.15, 0.2) is 0 Å². The summed E-state index contributed by atoms with van der Waals surface area (Å²) in [4.78, 5) is 29.2. The van der Waals surface area contributed by atoms with Crippen molar-refractivity contribution in [2.45, 2.75) is 4.90 Å². The Kier molecular flexibility index (Phi) is 6.27. The third kappa shape index (κ3) is 5.08. The highest BCUT2D eigenvalue weighted by molar-refractivity contribution is 8.00. The number of carbonyl (C=O) groups excluding carboxylic acids is 2. The van der Waals surface area contributed by atoms with E-state index in [1.807, 2.05) is 42.5 Å². The van der Waals surface area contributed by atoms with Crippen molar-refractivity contribution in [3.8, 4) is 10.6 Å². The molecule has 8 heteroatoms. The average molecular weight is 404 g/mol. The molecule has 0 unspecified atom stereocenters. The number of carbonyl (C=O) groups is 2. The minimum Gasteiger partial charge on any atom is -0.272 e. The van der Waals surface area contributed by atoms with Crippen LogP contribution in [0.5, 0.6) is 0 Å². The molecule has 0 aliphatic carbocycles. The third-order valence-electron chi connectivity index (χ3n) is 3.26. The maximum Gasteiger partial charge on any atom is 0.289 e. The Morgan fingerprint density at radius 2 is 1.77 bits per heavy atom. The molecular formula is C18H14ClN3O2S2. The van der Waals surface area contributed by atoms with E-state index < -0.39 is 5.91 Å². The molecule has 0 fully saturated rings. The molecule has 0 bridgehead atoms. The van der Waals surface area contributed by atoms with Crippen molar-refractivity contribution in [2.24, 2.45) is 0 Å². The van der Waals surface area contributed by atoms with Crippen molar-refractivity contribution in [2.75, 3.05) is 5.75 Å². The van der Waals surface area contributed by atoms with Crippen LogP contribution in [-0.2, 0) is 4.79 Å². The molecule has 0 saturated heterocycles. The lowest BCUT2D eigenvalue weighted by Crippen LogP contribution is -2.42. The van der Waals surface area contributed by atoms with Crippen molar-refractivity contribution >= 4 is 46.5 Å². The van der Waals surface area contributed by atoms with Crippen LogP contribution in [-0.4, -0.2) is 22.6 Å². The van der Waals surface area contributed by atoms with Gasteiger partial charge in [0, 0.05) is 20.9 Å². The maximum atomic E-state index is 12.1. The summed E-state index contributed by atoms with van der Waals surface area (Å²) in [6.07, 6.45) is 0. The summed E-state index contributed by atoms with van der Waals surface area (Å²) < 4.78 is 0. The van der Waals surface area contributed by atoms with Gasteiger partial charge < -0.3 is 0 Å². The second-order valence-corrected chi connectivity index (χ2v) is 7.49. The number of amides is 2. The largest absolute Gasteiger partial charge is 0.289 e. The number of benzene rings is 2. The van der Waals surface area contributed by atoms with Gasteiger partial charge in [-0.1, -0.05) is 41.9 Å². The normalized spacial score (nSPS) is 10.3. The first kappa shape index (κ1) is 18.4. The molecule has 0 spiro atoms. The van der Waals surface area contributed by atoms with E-state index in [-0.39, 0.29) is 17.4 Å². The molecule has 2 aromatic carbocycles. The fourth-order valence-corrected chi connectivity index (χ4v) is 3.63. The van der Waals surface area contributed by atoms with Crippen LogP contribution in [0, 0.1) is 0 Å². The smallest absolute Gasteiger partial charge is 0.272 e. The SMILES string of the molecule is O=C(CSc1ccc(Cl)cc1)NNC(=O)c1csc(-c2ccccc2)n1. The van der Waals surface area contributed by atoms with Crippen LogP contribution in [0.4, 0.5) is 0 Å². The molecular weight excluding hydrogens is 390 g/mol. The molecule has 2 amide bonds. The number of aromatic nitrogens is 1. The first-order valence-corrected chi connectivity index (χ1v) is 9.84. The number of nitrogens with zero attached hydrogens (tertiary/aromatic N) is 1. The van der Waals surface area contributed by atoms with Gasteiger partial charge in [0.1, 0.15) is 10.7 Å². The molecule has 3 aromatic rings. The van der Waals surface area contributed by atoms with Crippen molar-refractivity contribution in [1.29, 1.82) is 0 Å². The quantitative estimate of drug-likeness (QED) is 0.498. The molecule has 3 rings (SSSR count). The molecule has 1 aromatic heterocycles. The Hall–Kier alpha value is -2.35. The van der Waals surface area contributed by atoms with E-state index in [0.29, 0.717) is 5.02 Å². The number of hydrogen-bond donors (Lipinski definition) is 2. The summed E-state index contributed by atoms with van der Waals surface area (Å²) in [5.74, 6) is -0.584. The van der Waals surface area contributed by atoms with Crippen LogP contribution in [0.15, 0.2) is 64.9 Å². The Morgan fingerprint density at radius 3 is 2.50 bits per heavy atom. The van der Waals surface area contributed by atoms with Gasteiger partial charge in [-0.25, -0.2) is 4.98 Å². The van der Waals surface area contributed by atoms with Crippen LogP contribution >= 0.6 is 34.7 Å². The highest BCUT2D eigenvalue weighted by atomic mass is 35.5. The van der Waals surface area contributed by atoms with Crippen molar-refractivity contribution < 1.29 is 9.59 Å². The molecule has 0 radical (unpaired) electrons. The summed E-state index contributed by atoms with van der Waals surface area (Å²) in [5, 5.41) is 3.05. The van der Waals surface area contributed by atoms with Gasteiger partial charge in [-0.05, 0) is 24.3 Å². The number of thiazole rings is 1. The van der Waals surface area contributed by atoms with Gasteiger partial charge in [-0.2, -0.15) is 0 Å². The van der Waals surface area contributed by atoms with Crippen molar-refractivity contribution in [3.63, 3.8) is 0 Å². The lowest BCUT2D eigenvalue weighted by Gasteiger charge is -2.06. The molecule has 0 aliphatic rings. The summed E-state index contributed by atoms with van der Waals surface area (Å²) >= 11 is 8.54. The molecule has 0 aliphatic heterocycles. The number of rotatable bonds is 5. The van der Waals surface area contributed by atoms with Gasteiger partial charge in [-0.3, -0.25) is 20.4 Å². The number of nitrogens with one attached hydrogen (secondary N) is 2. The third-order valence-corrected chi connectivity index (χ3v) is 5.41. The van der Waals surface area contributed by atoms with E-state index in [9.17, 15) is 9.59 Å². The Balaban J connectivity index is 1.48. The van der Waals surface area contributed by atoms with E-state index in [1.165, 1.54) is 23.1 Å².